The van der Waals surface area contributed by atoms with Gasteiger partial charge in [0.25, 0.3) is 5.91 Å². The van der Waals surface area contributed by atoms with Crippen molar-refractivity contribution in [2.45, 2.75) is 64.6 Å². The summed E-state index contributed by atoms with van der Waals surface area (Å²) < 4.78 is 1.07. The lowest BCUT2D eigenvalue weighted by Crippen LogP contribution is -2.45. The number of aromatic nitrogens is 1. The van der Waals surface area contributed by atoms with Crippen LogP contribution in [0.3, 0.4) is 0 Å². The first-order valence-electron chi connectivity index (χ1n) is 13.3. The van der Waals surface area contributed by atoms with Crippen LogP contribution in [0.2, 0.25) is 5.02 Å². The standard InChI is InChI=1S/C31H34ClN3OS/c1-3-15-34-25-8-10-26(11-9-25)35(20-22-5-4-6-24(19-22)23-13-16-33-17-14-23)31(36)30-29(32)27-12-7-21(2)18-28(27)37-30/h4-7,12-14,16-19,25-26,34H,3,8-11,15,20H2,1-2H3. The van der Waals surface area contributed by atoms with Gasteiger partial charge in [-0.15, -0.1) is 11.3 Å². The van der Waals surface area contributed by atoms with Crippen molar-refractivity contribution in [2.24, 2.45) is 0 Å². The number of carbonyl (C=O) groups excluding carboxylic acids is 1. The van der Waals surface area contributed by atoms with Gasteiger partial charge in [0, 0.05) is 41.1 Å². The fraction of sp³-hybridized carbons (Fsp3) is 0.355. The molecule has 6 heteroatoms. The summed E-state index contributed by atoms with van der Waals surface area (Å²) >= 11 is 8.34. The zero-order valence-electron chi connectivity index (χ0n) is 21.5. The number of pyridine rings is 1. The molecule has 0 saturated heterocycles. The molecular formula is C31H34ClN3OS. The number of hydrogen-bond acceptors (Lipinski definition) is 4. The zero-order valence-corrected chi connectivity index (χ0v) is 23.1. The lowest BCUT2D eigenvalue weighted by Gasteiger charge is -2.37. The maximum Gasteiger partial charge on any atom is 0.266 e. The molecule has 4 nitrogen and oxygen atoms in total. The Kier molecular flexibility index (Phi) is 8.23. The largest absolute Gasteiger partial charge is 0.331 e. The highest BCUT2D eigenvalue weighted by Gasteiger charge is 2.31. The third-order valence-electron chi connectivity index (χ3n) is 7.35. The Morgan fingerprint density at radius 3 is 2.59 bits per heavy atom. The lowest BCUT2D eigenvalue weighted by atomic mass is 9.89. The number of hydrogen-bond donors (Lipinski definition) is 1. The summed E-state index contributed by atoms with van der Waals surface area (Å²) in [5.74, 6) is 0.0446. The van der Waals surface area contributed by atoms with E-state index in [4.69, 9.17) is 11.6 Å². The van der Waals surface area contributed by atoms with Crippen LogP contribution in [-0.4, -0.2) is 34.4 Å². The number of nitrogens with one attached hydrogen (secondary N) is 1. The van der Waals surface area contributed by atoms with Crippen LogP contribution in [0.25, 0.3) is 21.2 Å². The molecule has 192 valence electrons. The van der Waals surface area contributed by atoms with Crippen LogP contribution in [0.4, 0.5) is 0 Å². The topological polar surface area (TPSA) is 45.2 Å². The minimum atomic E-state index is 0.0446. The van der Waals surface area contributed by atoms with Gasteiger partial charge in [0.15, 0.2) is 0 Å². The molecule has 1 aliphatic rings. The van der Waals surface area contributed by atoms with Crippen LogP contribution < -0.4 is 5.32 Å². The molecule has 0 bridgehead atoms. The maximum atomic E-state index is 14.2. The SMILES string of the molecule is CCCNC1CCC(N(Cc2cccc(-c3ccncc3)c2)C(=O)c2sc3cc(C)ccc3c2Cl)CC1. The molecule has 2 aromatic heterocycles. The van der Waals surface area contributed by atoms with Crippen molar-refractivity contribution < 1.29 is 4.79 Å². The summed E-state index contributed by atoms with van der Waals surface area (Å²) in [5.41, 5.74) is 4.56. The van der Waals surface area contributed by atoms with Gasteiger partial charge in [-0.05, 0) is 92.1 Å². The van der Waals surface area contributed by atoms with E-state index in [1.54, 1.807) is 0 Å². The summed E-state index contributed by atoms with van der Waals surface area (Å²) in [7, 11) is 0. The number of halogens is 1. The van der Waals surface area contributed by atoms with Gasteiger partial charge in [-0.25, -0.2) is 0 Å². The van der Waals surface area contributed by atoms with E-state index in [-0.39, 0.29) is 11.9 Å². The van der Waals surface area contributed by atoms with E-state index in [1.165, 1.54) is 16.9 Å². The Hall–Kier alpha value is -2.73. The summed E-state index contributed by atoms with van der Waals surface area (Å²) in [6.07, 6.45) is 8.94. The molecule has 37 heavy (non-hydrogen) atoms. The van der Waals surface area contributed by atoms with Crippen molar-refractivity contribution in [3.8, 4) is 11.1 Å². The normalized spacial score (nSPS) is 17.7. The monoisotopic (exact) mass is 531 g/mol. The van der Waals surface area contributed by atoms with Crippen LogP contribution in [0, 0.1) is 6.92 Å². The van der Waals surface area contributed by atoms with Crippen LogP contribution in [0.5, 0.6) is 0 Å². The smallest absolute Gasteiger partial charge is 0.266 e. The molecule has 2 heterocycles. The van der Waals surface area contributed by atoms with Gasteiger partial charge in [-0.1, -0.05) is 48.9 Å². The molecule has 0 unspecified atom stereocenters. The highest BCUT2D eigenvalue weighted by molar-refractivity contribution is 7.21. The highest BCUT2D eigenvalue weighted by atomic mass is 35.5. The van der Waals surface area contributed by atoms with Gasteiger partial charge in [0.05, 0.1) is 5.02 Å². The van der Waals surface area contributed by atoms with Crippen molar-refractivity contribution in [1.82, 2.24) is 15.2 Å². The Morgan fingerprint density at radius 1 is 1.05 bits per heavy atom. The zero-order chi connectivity index (χ0) is 25.8. The first kappa shape index (κ1) is 25.9. The third kappa shape index (κ3) is 5.90. The molecule has 0 aliphatic heterocycles. The van der Waals surface area contributed by atoms with Crippen molar-refractivity contribution in [2.75, 3.05) is 6.54 Å². The molecule has 1 saturated carbocycles. The van der Waals surface area contributed by atoms with Crippen molar-refractivity contribution in [3.05, 3.63) is 88.0 Å². The average Bonchev–Trinajstić information content (AvgIpc) is 3.26. The maximum absolute atomic E-state index is 14.2. The molecule has 4 aromatic rings. The van der Waals surface area contributed by atoms with Gasteiger partial charge >= 0.3 is 0 Å². The number of benzene rings is 2. The number of carbonyl (C=O) groups is 1. The summed E-state index contributed by atoms with van der Waals surface area (Å²) in [5, 5.41) is 5.22. The predicted molar refractivity (Wildman–Crippen MR) is 155 cm³/mol. The van der Waals surface area contributed by atoms with Crippen molar-refractivity contribution >= 4 is 38.9 Å². The first-order valence-corrected chi connectivity index (χ1v) is 14.4. The fourth-order valence-electron chi connectivity index (χ4n) is 5.34. The van der Waals surface area contributed by atoms with E-state index in [0.29, 0.717) is 22.5 Å². The van der Waals surface area contributed by atoms with Gasteiger partial charge in [-0.3, -0.25) is 9.78 Å². The van der Waals surface area contributed by atoms with E-state index in [9.17, 15) is 4.79 Å². The molecule has 1 fully saturated rings. The summed E-state index contributed by atoms with van der Waals surface area (Å²) in [6.45, 7) is 5.90. The molecule has 5 rings (SSSR count). The number of thiophene rings is 1. The molecular weight excluding hydrogens is 498 g/mol. The molecule has 0 spiro atoms. The number of fused-ring (bicyclic) bond motifs is 1. The third-order valence-corrected chi connectivity index (χ3v) is 9.00. The van der Waals surface area contributed by atoms with Crippen LogP contribution >= 0.6 is 22.9 Å². The number of rotatable bonds is 8. The van der Waals surface area contributed by atoms with E-state index in [2.05, 4.69) is 65.4 Å². The van der Waals surface area contributed by atoms with E-state index in [1.807, 2.05) is 30.6 Å². The van der Waals surface area contributed by atoms with Crippen LogP contribution in [0.15, 0.2) is 67.0 Å². The van der Waals surface area contributed by atoms with Gasteiger partial charge in [0.1, 0.15) is 4.88 Å². The quantitative estimate of drug-likeness (QED) is 0.251. The second-order valence-corrected chi connectivity index (χ2v) is 11.5. The van der Waals surface area contributed by atoms with E-state index >= 15 is 0 Å². The minimum absolute atomic E-state index is 0.0446. The molecule has 1 amide bonds. The number of aryl methyl sites for hydroxylation is 1. The second kappa shape index (κ2) is 11.8. The fourth-order valence-corrected chi connectivity index (χ4v) is 6.90. The molecule has 0 radical (unpaired) electrons. The Morgan fingerprint density at radius 2 is 1.84 bits per heavy atom. The lowest BCUT2D eigenvalue weighted by molar-refractivity contribution is 0.0605. The van der Waals surface area contributed by atoms with Crippen molar-refractivity contribution in [1.29, 1.82) is 0 Å². The summed E-state index contributed by atoms with van der Waals surface area (Å²) in [6, 6.07) is 19.5. The van der Waals surface area contributed by atoms with Crippen LogP contribution in [-0.2, 0) is 6.54 Å². The Balaban J connectivity index is 1.45. The Labute approximate surface area is 228 Å². The van der Waals surface area contributed by atoms with Gasteiger partial charge < -0.3 is 10.2 Å². The first-order chi connectivity index (χ1) is 18.0. The van der Waals surface area contributed by atoms with Crippen LogP contribution in [0.1, 0.15) is 59.8 Å². The highest BCUT2D eigenvalue weighted by Crippen LogP contribution is 2.38. The number of amides is 1. The van der Waals surface area contributed by atoms with Gasteiger partial charge in [-0.2, -0.15) is 0 Å². The minimum Gasteiger partial charge on any atom is -0.331 e. The molecule has 1 aliphatic carbocycles. The molecule has 0 atom stereocenters. The van der Waals surface area contributed by atoms with Gasteiger partial charge in [0.2, 0.25) is 0 Å². The average molecular weight is 532 g/mol. The predicted octanol–water partition coefficient (Wildman–Crippen LogP) is 7.88. The second-order valence-electron chi connectivity index (χ2n) is 10.1. The molecule has 2 aromatic carbocycles. The Bertz CT molecular complexity index is 1360. The van der Waals surface area contributed by atoms with Crippen molar-refractivity contribution in [3.63, 3.8) is 0 Å². The van der Waals surface area contributed by atoms with E-state index < -0.39 is 0 Å². The molecule has 1 N–H and O–H groups in total. The number of nitrogens with zero attached hydrogens (tertiary/aromatic N) is 2. The van der Waals surface area contributed by atoms with E-state index in [0.717, 1.165) is 65.4 Å². The summed E-state index contributed by atoms with van der Waals surface area (Å²) in [4.78, 5) is 21.0.